The van der Waals surface area contributed by atoms with Gasteiger partial charge in [-0.2, -0.15) is 5.10 Å². The second-order valence-corrected chi connectivity index (χ2v) is 3.12. The van der Waals surface area contributed by atoms with Crippen molar-refractivity contribution in [3.63, 3.8) is 0 Å². The number of ketones is 1. The van der Waals surface area contributed by atoms with Gasteiger partial charge in [0.1, 0.15) is 5.69 Å². The normalized spacial score (nSPS) is 10.4. The zero-order chi connectivity index (χ0) is 9.84. The first-order chi connectivity index (χ1) is 6.16. The number of carbonyl (C=O) groups excluding carboxylic acids is 1. The highest BCUT2D eigenvalue weighted by atomic mass is 35.5. The molecule has 0 radical (unpaired) electrons. The fourth-order valence-corrected chi connectivity index (χ4v) is 1.35. The average molecular weight is 203 g/mol. The molecule has 72 valence electrons. The predicted octanol–water partition coefficient (Wildman–Crippen LogP) is 1.03. The predicted molar refractivity (Wildman–Crippen MR) is 48.9 cm³/mol. The number of rotatable bonds is 4. The smallest absolute Gasteiger partial charge is 0.182 e. The first kappa shape index (κ1) is 10.2. The average Bonchev–Trinajstić information content (AvgIpc) is 2.42. The highest BCUT2D eigenvalue weighted by molar-refractivity contribution is 6.33. The Bertz CT molecular complexity index is 290. The second-order valence-electron chi connectivity index (χ2n) is 2.72. The quantitative estimate of drug-likeness (QED) is 0.742. The molecule has 1 heterocycles. The van der Waals surface area contributed by atoms with E-state index in [2.05, 4.69) is 5.10 Å². The number of aryl methyl sites for hydroxylation is 1. The van der Waals surface area contributed by atoms with Gasteiger partial charge in [-0.25, -0.2) is 0 Å². The number of hydrogen-bond acceptors (Lipinski definition) is 3. The largest absolute Gasteiger partial charge is 0.396 e. The monoisotopic (exact) mass is 202 g/mol. The molecule has 0 fully saturated rings. The van der Waals surface area contributed by atoms with Crippen molar-refractivity contribution in [2.75, 3.05) is 6.61 Å². The van der Waals surface area contributed by atoms with E-state index in [-0.39, 0.29) is 12.4 Å². The van der Waals surface area contributed by atoms with Crippen LogP contribution in [0.4, 0.5) is 0 Å². The Hall–Kier alpha value is -0.870. The van der Waals surface area contributed by atoms with E-state index in [0.717, 1.165) is 0 Å². The van der Waals surface area contributed by atoms with Crippen LogP contribution in [0.25, 0.3) is 0 Å². The molecule has 1 rings (SSSR count). The molecule has 1 N–H and O–H groups in total. The van der Waals surface area contributed by atoms with Gasteiger partial charge in [0.15, 0.2) is 5.78 Å². The van der Waals surface area contributed by atoms with Crippen molar-refractivity contribution in [3.8, 4) is 0 Å². The number of halogens is 1. The van der Waals surface area contributed by atoms with Crippen molar-refractivity contribution >= 4 is 17.4 Å². The highest BCUT2D eigenvalue weighted by Crippen LogP contribution is 2.16. The van der Waals surface area contributed by atoms with E-state index in [1.807, 2.05) is 0 Å². The van der Waals surface area contributed by atoms with Crippen LogP contribution < -0.4 is 0 Å². The molecular formula is C8H11ClN2O2. The molecule has 4 nitrogen and oxygen atoms in total. The SMILES string of the molecule is Cn1ncc(Cl)c1C(=O)CCCO. The van der Waals surface area contributed by atoms with Crippen LogP contribution in [0.15, 0.2) is 6.20 Å². The summed E-state index contributed by atoms with van der Waals surface area (Å²) in [5.74, 6) is -0.0842. The molecule has 0 saturated heterocycles. The standard InChI is InChI=1S/C8H11ClN2O2/c1-11-8(6(9)5-10-11)7(13)3-2-4-12/h5,12H,2-4H2,1H3. The zero-order valence-electron chi connectivity index (χ0n) is 7.33. The molecule has 0 unspecified atom stereocenters. The summed E-state index contributed by atoms with van der Waals surface area (Å²) < 4.78 is 1.45. The molecule has 5 heteroatoms. The van der Waals surface area contributed by atoms with E-state index in [9.17, 15) is 4.79 Å². The van der Waals surface area contributed by atoms with Crippen molar-refractivity contribution in [2.45, 2.75) is 12.8 Å². The molecule has 0 bridgehead atoms. The van der Waals surface area contributed by atoms with E-state index in [0.29, 0.717) is 23.6 Å². The molecule has 0 aromatic carbocycles. The maximum Gasteiger partial charge on any atom is 0.182 e. The summed E-state index contributed by atoms with van der Waals surface area (Å²) in [5, 5.41) is 12.8. The van der Waals surface area contributed by atoms with Crippen LogP contribution >= 0.6 is 11.6 Å². The minimum Gasteiger partial charge on any atom is -0.396 e. The van der Waals surface area contributed by atoms with Crippen molar-refractivity contribution in [1.82, 2.24) is 9.78 Å². The van der Waals surface area contributed by atoms with Gasteiger partial charge in [-0.15, -0.1) is 0 Å². The lowest BCUT2D eigenvalue weighted by Crippen LogP contribution is -2.07. The molecule has 0 saturated carbocycles. The van der Waals surface area contributed by atoms with Crippen LogP contribution in [0.1, 0.15) is 23.3 Å². The minimum absolute atomic E-state index is 0.0151. The van der Waals surface area contributed by atoms with Gasteiger partial charge in [0.05, 0.1) is 11.2 Å². The summed E-state index contributed by atoms with van der Waals surface area (Å²) >= 11 is 5.75. The molecular weight excluding hydrogens is 192 g/mol. The van der Waals surface area contributed by atoms with E-state index < -0.39 is 0 Å². The lowest BCUT2D eigenvalue weighted by atomic mass is 10.2. The third-order valence-corrected chi connectivity index (χ3v) is 2.00. The summed E-state index contributed by atoms with van der Waals surface area (Å²) in [6.45, 7) is 0.0151. The molecule has 0 aliphatic rings. The van der Waals surface area contributed by atoms with Gasteiger partial charge in [-0.3, -0.25) is 9.48 Å². The molecule has 0 aliphatic heterocycles. The highest BCUT2D eigenvalue weighted by Gasteiger charge is 2.14. The van der Waals surface area contributed by atoms with Gasteiger partial charge in [0.2, 0.25) is 0 Å². The van der Waals surface area contributed by atoms with Gasteiger partial charge >= 0.3 is 0 Å². The van der Waals surface area contributed by atoms with Crippen LogP contribution in [0.3, 0.4) is 0 Å². The molecule has 0 spiro atoms. The number of aliphatic hydroxyl groups excluding tert-OH is 1. The fraction of sp³-hybridized carbons (Fsp3) is 0.500. The van der Waals surface area contributed by atoms with Crippen molar-refractivity contribution in [2.24, 2.45) is 7.05 Å². The minimum atomic E-state index is -0.0842. The Balaban J connectivity index is 2.76. The number of Topliss-reactive ketones (excluding diaryl/α,β-unsaturated/α-hetero) is 1. The third-order valence-electron chi connectivity index (χ3n) is 1.72. The first-order valence-corrected chi connectivity index (χ1v) is 4.36. The van der Waals surface area contributed by atoms with Gasteiger partial charge in [0, 0.05) is 20.1 Å². The van der Waals surface area contributed by atoms with Crippen LogP contribution in [-0.2, 0) is 7.05 Å². The van der Waals surface area contributed by atoms with Gasteiger partial charge < -0.3 is 5.11 Å². The molecule has 0 aliphatic carbocycles. The molecule has 1 aromatic rings. The number of hydrogen-bond donors (Lipinski definition) is 1. The van der Waals surface area contributed by atoms with Crippen molar-refractivity contribution in [1.29, 1.82) is 0 Å². The summed E-state index contributed by atoms with van der Waals surface area (Å²) in [7, 11) is 1.66. The number of nitrogens with zero attached hydrogens (tertiary/aromatic N) is 2. The Kier molecular flexibility index (Phi) is 3.45. The van der Waals surface area contributed by atoms with Crippen LogP contribution in [0.2, 0.25) is 5.02 Å². The van der Waals surface area contributed by atoms with Gasteiger partial charge in [0.25, 0.3) is 0 Å². The Morgan fingerprint density at radius 1 is 1.77 bits per heavy atom. The third kappa shape index (κ3) is 2.29. The number of carbonyl (C=O) groups is 1. The van der Waals surface area contributed by atoms with E-state index >= 15 is 0 Å². The van der Waals surface area contributed by atoms with Crippen molar-refractivity contribution in [3.05, 3.63) is 16.9 Å². The molecule has 13 heavy (non-hydrogen) atoms. The molecule has 0 atom stereocenters. The van der Waals surface area contributed by atoms with Crippen LogP contribution in [-0.4, -0.2) is 27.3 Å². The molecule has 0 amide bonds. The fourth-order valence-electron chi connectivity index (χ4n) is 1.08. The second kappa shape index (κ2) is 4.39. The van der Waals surface area contributed by atoms with E-state index in [1.165, 1.54) is 10.9 Å². The van der Waals surface area contributed by atoms with Crippen molar-refractivity contribution < 1.29 is 9.90 Å². The van der Waals surface area contributed by atoms with Crippen LogP contribution in [0.5, 0.6) is 0 Å². The summed E-state index contributed by atoms with van der Waals surface area (Å²) in [5.41, 5.74) is 0.412. The Labute approximate surface area is 81.1 Å². The van der Waals surface area contributed by atoms with Gasteiger partial charge in [-0.1, -0.05) is 11.6 Å². The number of aromatic nitrogens is 2. The molecule has 1 aromatic heterocycles. The first-order valence-electron chi connectivity index (χ1n) is 3.98. The van der Waals surface area contributed by atoms with E-state index in [4.69, 9.17) is 16.7 Å². The van der Waals surface area contributed by atoms with E-state index in [1.54, 1.807) is 7.05 Å². The lowest BCUT2D eigenvalue weighted by Gasteiger charge is -2.00. The maximum atomic E-state index is 11.4. The summed E-state index contributed by atoms with van der Waals surface area (Å²) in [6.07, 6.45) is 2.20. The maximum absolute atomic E-state index is 11.4. The van der Waals surface area contributed by atoms with Crippen LogP contribution in [0, 0.1) is 0 Å². The topological polar surface area (TPSA) is 55.1 Å². The summed E-state index contributed by atoms with van der Waals surface area (Å²) in [4.78, 5) is 11.4. The summed E-state index contributed by atoms with van der Waals surface area (Å²) in [6, 6.07) is 0. The Morgan fingerprint density at radius 2 is 2.46 bits per heavy atom. The Morgan fingerprint density at radius 3 is 2.92 bits per heavy atom. The lowest BCUT2D eigenvalue weighted by molar-refractivity contribution is 0.0962. The van der Waals surface area contributed by atoms with Gasteiger partial charge in [-0.05, 0) is 6.42 Å². The number of aliphatic hydroxyl groups is 1. The zero-order valence-corrected chi connectivity index (χ0v) is 8.08.